The summed E-state index contributed by atoms with van der Waals surface area (Å²) >= 11 is 1.47. The lowest BCUT2D eigenvalue weighted by atomic mass is 10.1. The van der Waals surface area contributed by atoms with Crippen LogP contribution in [0.1, 0.15) is 31.7 Å². The molecule has 5 nitrogen and oxygen atoms in total. The van der Waals surface area contributed by atoms with Gasteiger partial charge in [-0.25, -0.2) is 9.97 Å². The Labute approximate surface area is 175 Å². The van der Waals surface area contributed by atoms with Gasteiger partial charge in [0, 0.05) is 18.8 Å². The summed E-state index contributed by atoms with van der Waals surface area (Å²) in [7, 11) is 0. The molecule has 0 aliphatic carbocycles. The van der Waals surface area contributed by atoms with Gasteiger partial charge in [-0.05, 0) is 49.4 Å². The minimum absolute atomic E-state index is 0.0181. The zero-order chi connectivity index (χ0) is 20.1. The lowest BCUT2D eigenvalue weighted by Crippen LogP contribution is -2.31. The first-order valence-corrected chi connectivity index (χ1v) is 11.3. The molecular weight excluding hydrogens is 380 g/mol. The normalized spacial score (nSPS) is 14.2. The maximum atomic E-state index is 12.6. The van der Waals surface area contributed by atoms with Crippen LogP contribution in [-0.4, -0.2) is 34.7 Å². The summed E-state index contributed by atoms with van der Waals surface area (Å²) in [6.07, 6.45) is 4.50. The van der Waals surface area contributed by atoms with Crippen LogP contribution in [0.5, 0.6) is 0 Å². The predicted molar refractivity (Wildman–Crippen MR) is 121 cm³/mol. The van der Waals surface area contributed by atoms with Crippen LogP contribution in [0.2, 0.25) is 0 Å². The molecule has 1 N–H and O–H groups in total. The molecule has 0 atom stereocenters. The van der Waals surface area contributed by atoms with Gasteiger partial charge in [-0.15, -0.1) is 0 Å². The van der Waals surface area contributed by atoms with Crippen molar-refractivity contribution < 1.29 is 4.79 Å². The maximum absolute atomic E-state index is 12.6. The number of para-hydroxylation sites is 3. The van der Waals surface area contributed by atoms with Crippen molar-refractivity contribution >= 4 is 40.2 Å². The van der Waals surface area contributed by atoms with Gasteiger partial charge in [0.25, 0.3) is 0 Å². The number of aromatic nitrogens is 2. The van der Waals surface area contributed by atoms with E-state index in [-0.39, 0.29) is 5.91 Å². The molecular formula is C23H26N4OS. The first kappa shape index (κ1) is 19.7. The van der Waals surface area contributed by atoms with E-state index in [9.17, 15) is 4.79 Å². The van der Waals surface area contributed by atoms with Crippen LogP contribution in [0, 0.1) is 0 Å². The summed E-state index contributed by atoms with van der Waals surface area (Å²) in [5.74, 6) is 1.21. The molecule has 2 aromatic carbocycles. The van der Waals surface area contributed by atoms with E-state index < -0.39 is 0 Å². The maximum Gasteiger partial charge on any atom is 0.234 e. The summed E-state index contributed by atoms with van der Waals surface area (Å²) in [6, 6.07) is 15.9. The molecule has 29 heavy (non-hydrogen) atoms. The first-order chi connectivity index (χ1) is 14.2. The Bertz CT molecular complexity index is 1000. The number of carbonyl (C=O) groups excluding carboxylic acids is 1. The number of amides is 1. The third-order valence-corrected chi connectivity index (χ3v) is 6.14. The van der Waals surface area contributed by atoms with Gasteiger partial charge in [-0.3, -0.25) is 4.79 Å². The van der Waals surface area contributed by atoms with Crippen LogP contribution < -0.4 is 10.2 Å². The third-order valence-electron chi connectivity index (χ3n) is 5.19. The number of thioether (sulfide) groups is 1. The Morgan fingerprint density at radius 3 is 2.45 bits per heavy atom. The van der Waals surface area contributed by atoms with Crippen molar-refractivity contribution in [1.82, 2.24) is 9.97 Å². The molecule has 0 saturated carbocycles. The van der Waals surface area contributed by atoms with Crippen molar-refractivity contribution in [2.45, 2.75) is 37.6 Å². The van der Waals surface area contributed by atoms with Crippen molar-refractivity contribution in [2.75, 3.05) is 29.1 Å². The van der Waals surface area contributed by atoms with E-state index in [4.69, 9.17) is 9.97 Å². The lowest BCUT2D eigenvalue weighted by Gasteiger charge is -2.29. The fourth-order valence-electron chi connectivity index (χ4n) is 3.65. The molecule has 1 saturated heterocycles. The molecule has 0 unspecified atom stereocenters. The quantitative estimate of drug-likeness (QED) is 0.589. The number of hydrogen-bond donors (Lipinski definition) is 1. The highest BCUT2D eigenvalue weighted by atomic mass is 32.2. The smallest absolute Gasteiger partial charge is 0.234 e. The molecule has 3 aromatic rings. The number of hydrogen-bond acceptors (Lipinski definition) is 5. The van der Waals surface area contributed by atoms with Crippen LogP contribution in [-0.2, 0) is 11.2 Å². The van der Waals surface area contributed by atoms with E-state index in [2.05, 4.69) is 17.1 Å². The molecule has 150 valence electrons. The molecule has 1 fully saturated rings. The molecule has 2 heterocycles. The standard InChI is InChI=1S/C23H26N4OS/c1-2-17-10-4-5-11-18(17)24-21(28)16-29-23-22(27-14-8-3-9-15-27)25-19-12-6-7-13-20(19)26-23/h4-7,10-13H,2-3,8-9,14-16H2,1H3,(H,24,28). The molecule has 1 aliphatic rings. The summed E-state index contributed by atoms with van der Waals surface area (Å²) in [5.41, 5.74) is 3.80. The Balaban J connectivity index is 1.53. The van der Waals surface area contributed by atoms with Gasteiger partial charge < -0.3 is 10.2 Å². The van der Waals surface area contributed by atoms with E-state index in [0.717, 1.165) is 52.6 Å². The molecule has 0 radical (unpaired) electrons. The number of aryl methyl sites for hydroxylation is 1. The van der Waals surface area contributed by atoms with Gasteiger partial charge in [0.2, 0.25) is 5.91 Å². The largest absolute Gasteiger partial charge is 0.354 e. The summed E-state index contributed by atoms with van der Waals surface area (Å²) < 4.78 is 0. The Morgan fingerprint density at radius 2 is 1.69 bits per heavy atom. The number of carbonyl (C=O) groups is 1. The van der Waals surface area contributed by atoms with E-state index in [0.29, 0.717) is 5.75 Å². The average molecular weight is 407 g/mol. The van der Waals surface area contributed by atoms with Crippen LogP contribution >= 0.6 is 11.8 Å². The minimum atomic E-state index is -0.0181. The monoisotopic (exact) mass is 406 g/mol. The second-order valence-electron chi connectivity index (χ2n) is 7.24. The summed E-state index contributed by atoms with van der Waals surface area (Å²) in [6.45, 7) is 4.09. The SMILES string of the molecule is CCc1ccccc1NC(=O)CSc1nc2ccccc2nc1N1CCCCC1. The van der Waals surface area contributed by atoms with Crippen LogP contribution in [0.4, 0.5) is 11.5 Å². The fourth-order valence-corrected chi connectivity index (χ4v) is 4.46. The van der Waals surface area contributed by atoms with Gasteiger partial charge in [0.15, 0.2) is 5.82 Å². The molecule has 6 heteroatoms. The van der Waals surface area contributed by atoms with Crippen LogP contribution in [0.3, 0.4) is 0 Å². The highest BCUT2D eigenvalue weighted by molar-refractivity contribution is 8.00. The van der Waals surface area contributed by atoms with Gasteiger partial charge in [-0.2, -0.15) is 0 Å². The highest BCUT2D eigenvalue weighted by Gasteiger charge is 2.19. The van der Waals surface area contributed by atoms with Gasteiger partial charge >= 0.3 is 0 Å². The van der Waals surface area contributed by atoms with Gasteiger partial charge in [0.05, 0.1) is 16.8 Å². The zero-order valence-corrected chi connectivity index (χ0v) is 17.5. The molecule has 0 bridgehead atoms. The minimum Gasteiger partial charge on any atom is -0.354 e. The predicted octanol–water partition coefficient (Wildman–Crippen LogP) is 4.91. The molecule has 1 aromatic heterocycles. The van der Waals surface area contributed by atoms with Crippen molar-refractivity contribution in [2.24, 2.45) is 0 Å². The lowest BCUT2D eigenvalue weighted by molar-refractivity contribution is -0.113. The molecule has 4 rings (SSSR count). The Morgan fingerprint density at radius 1 is 1.00 bits per heavy atom. The van der Waals surface area contributed by atoms with Crippen molar-refractivity contribution in [1.29, 1.82) is 0 Å². The number of benzene rings is 2. The number of fused-ring (bicyclic) bond motifs is 1. The number of nitrogens with zero attached hydrogens (tertiary/aromatic N) is 3. The van der Waals surface area contributed by atoms with Crippen molar-refractivity contribution in [3.63, 3.8) is 0 Å². The first-order valence-electron chi connectivity index (χ1n) is 10.3. The van der Waals surface area contributed by atoms with Crippen molar-refractivity contribution in [3.8, 4) is 0 Å². The number of rotatable bonds is 6. The van der Waals surface area contributed by atoms with Crippen LogP contribution in [0.15, 0.2) is 53.6 Å². The summed E-state index contributed by atoms with van der Waals surface area (Å²) in [5, 5.41) is 3.88. The second-order valence-corrected chi connectivity index (χ2v) is 8.20. The third kappa shape index (κ3) is 4.70. The van der Waals surface area contributed by atoms with Crippen molar-refractivity contribution in [3.05, 3.63) is 54.1 Å². The van der Waals surface area contributed by atoms with E-state index in [1.54, 1.807) is 0 Å². The zero-order valence-electron chi connectivity index (χ0n) is 16.7. The second kappa shape index (κ2) is 9.27. The Kier molecular flexibility index (Phi) is 6.30. The number of piperidine rings is 1. The summed E-state index contributed by atoms with van der Waals surface area (Å²) in [4.78, 5) is 24.7. The highest BCUT2D eigenvalue weighted by Crippen LogP contribution is 2.31. The number of anilines is 2. The molecule has 0 spiro atoms. The molecule has 1 aliphatic heterocycles. The van der Waals surface area contributed by atoms with Gasteiger partial charge in [0.1, 0.15) is 5.03 Å². The van der Waals surface area contributed by atoms with E-state index >= 15 is 0 Å². The Hall–Kier alpha value is -2.60. The van der Waals surface area contributed by atoms with E-state index in [1.807, 2.05) is 48.5 Å². The topological polar surface area (TPSA) is 58.1 Å². The number of nitrogens with one attached hydrogen (secondary N) is 1. The average Bonchev–Trinajstić information content (AvgIpc) is 2.78. The van der Waals surface area contributed by atoms with Crippen LogP contribution in [0.25, 0.3) is 11.0 Å². The van der Waals surface area contributed by atoms with Gasteiger partial charge in [-0.1, -0.05) is 49.0 Å². The molecule has 1 amide bonds. The van der Waals surface area contributed by atoms with E-state index in [1.165, 1.54) is 31.0 Å². The fraction of sp³-hybridized carbons (Fsp3) is 0.348.